The summed E-state index contributed by atoms with van der Waals surface area (Å²) in [5.74, 6) is -1.35. The van der Waals surface area contributed by atoms with Crippen LogP contribution in [0.4, 0.5) is 5.69 Å². The zero-order valence-corrected chi connectivity index (χ0v) is 20.4. The maximum atomic E-state index is 13.8. The second kappa shape index (κ2) is 9.68. The number of nitrogens with one attached hydrogen (secondary N) is 1. The van der Waals surface area contributed by atoms with Crippen LogP contribution >= 0.6 is 11.8 Å². The summed E-state index contributed by atoms with van der Waals surface area (Å²) < 4.78 is 16.1. The number of carbonyl (C=O) groups excluding carboxylic acids is 3. The van der Waals surface area contributed by atoms with Crippen LogP contribution in [0.15, 0.2) is 48.5 Å². The summed E-state index contributed by atoms with van der Waals surface area (Å²) in [5, 5.41) is 3.38. The number of hydrogen-bond donors (Lipinski definition) is 1. The van der Waals surface area contributed by atoms with Crippen LogP contribution in [-0.2, 0) is 19.1 Å². The number of amides is 2. The highest BCUT2D eigenvalue weighted by Crippen LogP contribution is 2.53. The SMILES string of the molecule is COC(=O)[C@@]1(CCSC)N[C@@H](c2ccc(OC)cc2OC)[C@@H]2C(=O)N(c3ccccc3)C(=O)[C@H]21. The molecule has 4 rings (SSSR count). The van der Waals surface area contributed by atoms with Crippen LogP contribution in [0.1, 0.15) is 18.0 Å². The monoisotopic (exact) mass is 484 g/mol. The Morgan fingerprint density at radius 3 is 2.41 bits per heavy atom. The molecular weight excluding hydrogens is 456 g/mol. The maximum Gasteiger partial charge on any atom is 0.326 e. The summed E-state index contributed by atoms with van der Waals surface area (Å²) in [6.45, 7) is 0. The van der Waals surface area contributed by atoms with Gasteiger partial charge in [0.2, 0.25) is 11.8 Å². The van der Waals surface area contributed by atoms with E-state index in [0.717, 1.165) is 0 Å². The Labute approximate surface area is 202 Å². The molecule has 9 heteroatoms. The molecule has 2 amide bonds. The standard InChI is InChI=1S/C25H28N2O6S/c1-31-16-10-11-17(18(14-16)32-2)21-19-20(25(26-21,12-13-34-4)24(30)33-3)23(29)27(22(19)28)15-8-6-5-7-9-15/h5-11,14,19-21,26H,12-13H2,1-4H3/t19-,20+,21+,25+/m1/s1. The first-order valence-corrected chi connectivity index (χ1v) is 12.3. The first-order valence-electron chi connectivity index (χ1n) is 10.9. The number of carbonyl (C=O) groups is 3. The average molecular weight is 485 g/mol. The Hall–Kier alpha value is -3.04. The maximum absolute atomic E-state index is 13.8. The van der Waals surface area contributed by atoms with Crippen molar-refractivity contribution in [2.75, 3.05) is 38.2 Å². The van der Waals surface area contributed by atoms with E-state index in [2.05, 4.69) is 5.32 Å². The quantitative estimate of drug-likeness (QED) is 0.452. The predicted molar refractivity (Wildman–Crippen MR) is 129 cm³/mol. The summed E-state index contributed by atoms with van der Waals surface area (Å²) in [7, 11) is 4.39. The molecule has 0 radical (unpaired) electrons. The number of rotatable bonds is 8. The number of nitrogens with zero attached hydrogens (tertiary/aromatic N) is 1. The summed E-state index contributed by atoms with van der Waals surface area (Å²) in [5.41, 5.74) is -0.200. The zero-order chi connectivity index (χ0) is 24.5. The van der Waals surface area contributed by atoms with Crippen LogP contribution in [0, 0.1) is 11.8 Å². The Bertz CT molecular complexity index is 1090. The Kier molecular flexibility index (Phi) is 6.86. The van der Waals surface area contributed by atoms with Crippen LogP contribution in [-0.4, -0.2) is 56.7 Å². The van der Waals surface area contributed by atoms with Crippen LogP contribution in [0.3, 0.4) is 0 Å². The molecule has 0 bridgehead atoms. The number of ether oxygens (including phenoxy) is 3. The van der Waals surface area contributed by atoms with Gasteiger partial charge < -0.3 is 14.2 Å². The predicted octanol–water partition coefficient (Wildman–Crippen LogP) is 2.82. The normalized spacial score (nSPS) is 25.9. The largest absolute Gasteiger partial charge is 0.497 e. The average Bonchev–Trinajstić information content (AvgIpc) is 3.36. The number of thioether (sulfide) groups is 1. The molecule has 180 valence electrons. The van der Waals surface area contributed by atoms with Gasteiger partial charge >= 0.3 is 5.97 Å². The molecule has 0 unspecified atom stereocenters. The fourth-order valence-corrected chi connectivity index (χ4v) is 5.67. The highest BCUT2D eigenvalue weighted by molar-refractivity contribution is 7.98. The van der Waals surface area contributed by atoms with Gasteiger partial charge in [-0.3, -0.25) is 19.7 Å². The number of esters is 1. The van der Waals surface area contributed by atoms with E-state index in [1.165, 1.54) is 19.1 Å². The van der Waals surface area contributed by atoms with Crippen molar-refractivity contribution >= 4 is 35.2 Å². The number of anilines is 1. The van der Waals surface area contributed by atoms with Crippen molar-refractivity contribution in [2.45, 2.75) is 18.0 Å². The molecule has 2 aliphatic heterocycles. The minimum Gasteiger partial charge on any atom is -0.497 e. The summed E-state index contributed by atoms with van der Waals surface area (Å²) >= 11 is 1.56. The van der Waals surface area contributed by atoms with Crippen molar-refractivity contribution in [1.29, 1.82) is 0 Å². The van der Waals surface area contributed by atoms with E-state index in [4.69, 9.17) is 14.2 Å². The van der Waals surface area contributed by atoms with Crippen LogP contribution in [0.5, 0.6) is 11.5 Å². The molecule has 2 aromatic carbocycles. The first-order chi connectivity index (χ1) is 16.4. The van der Waals surface area contributed by atoms with Gasteiger partial charge in [0.1, 0.15) is 17.0 Å². The summed E-state index contributed by atoms with van der Waals surface area (Å²) in [4.78, 5) is 42.1. The molecule has 0 spiro atoms. The minimum atomic E-state index is -1.35. The highest BCUT2D eigenvalue weighted by atomic mass is 32.2. The van der Waals surface area contributed by atoms with E-state index >= 15 is 0 Å². The Morgan fingerprint density at radius 1 is 1.06 bits per heavy atom. The van der Waals surface area contributed by atoms with Crippen molar-refractivity contribution < 1.29 is 28.6 Å². The molecule has 2 heterocycles. The van der Waals surface area contributed by atoms with Crippen molar-refractivity contribution in [2.24, 2.45) is 11.8 Å². The van der Waals surface area contributed by atoms with Crippen molar-refractivity contribution in [3.63, 3.8) is 0 Å². The van der Waals surface area contributed by atoms with E-state index in [-0.39, 0.29) is 5.91 Å². The number of para-hydroxylation sites is 1. The molecule has 2 aromatic rings. The molecule has 8 nitrogen and oxygen atoms in total. The Morgan fingerprint density at radius 2 is 1.79 bits per heavy atom. The number of imide groups is 1. The van der Waals surface area contributed by atoms with Gasteiger partial charge in [-0.1, -0.05) is 24.3 Å². The van der Waals surface area contributed by atoms with Crippen molar-refractivity contribution in [3.8, 4) is 11.5 Å². The second-order valence-electron chi connectivity index (χ2n) is 8.29. The van der Waals surface area contributed by atoms with Crippen molar-refractivity contribution in [3.05, 3.63) is 54.1 Å². The number of fused-ring (bicyclic) bond motifs is 1. The Balaban J connectivity index is 1.89. The van der Waals surface area contributed by atoms with Gasteiger partial charge in [-0.25, -0.2) is 4.90 Å². The van der Waals surface area contributed by atoms with Gasteiger partial charge in [-0.2, -0.15) is 11.8 Å². The summed E-state index contributed by atoms with van der Waals surface area (Å²) in [6.07, 6.45) is 2.26. The van der Waals surface area contributed by atoms with E-state index < -0.39 is 35.3 Å². The molecule has 34 heavy (non-hydrogen) atoms. The van der Waals surface area contributed by atoms with Crippen LogP contribution in [0.25, 0.3) is 0 Å². The smallest absolute Gasteiger partial charge is 0.326 e. The topological polar surface area (TPSA) is 94.2 Å². The van der Waals surface area contributed by atoms with Gasteiger partial charge in [0, 0.05) is 17.7 Å². The third-order valence-corrected chi connectivity index (χ3v) is 7.31. The number of benzene rings is 2. The van der Waals surface area contributed by atoms with Gasteiger partial charge in [-0.05, 0) is 36.6 Å². The molecule has 4 atom stereocenters. The third-order valence-electron chi connectivity index (χ3n) is 6.69. The molecular formula is C25H28N2O6S. The molecule has 2 fully saturated rings. The zero-order valence-electron chi connectivity index (χ0n) is 19.6. The van der Waals surface area contributed by atoms with Crippen LogP contribution < -0.4 is 19.7 Å². The highest BCUT2D eigenvalue weighted by Gasteiger charge is 2.69. The number of hydrogen-bond acceptors (Lipinski definition) is 8. The lowest BCUT2D eigenvalue weighted by molar-refractivity contribution is -0.152. The fraction of sp³-hybridized carbons (Fsp3) is 0.400. The summed E-state index contributed by atoms with van der Waals surface area (Å²) in [6, 6.07) is 13.4. The lowest BCUT2D eigenvalue weighted by atomic mass is 9.77. The van der Waals surface area contributed by atoms with E-state index in [0.29, 0.717) is 34.9 Å². The lowest BCUT2D eigenvalue weighted by Gasteiger charge is -2.32. The molecule has 1 N–H and O–H groups in total. The number of methoxy groups -OCH3 is 3. The minimum absolute atomic E-state index is 0.332. The van der Waals surface area contributed by atoms with Gasteiger partial charge in [0.15, 0.2) is 0 Å². The van der Waals surface area contributed by atoms with Gasteiger partial charge in [0.25, 0.3) is 0 Å². The van der Waals surface area contributed by atoms with E-state index in [1.807, 2.05) is 12.3 Å². The van der Waals surface area contributed by atoms with Crippen molar-refractivity contribution in [1.82, 2.24) is 5.32 Å². The van der Waals surface area contributed by atoms with E-state index in [1.54, 1.807) is 61.3 Å². The van der Waals surface area contributed by atoms with Crippen LogP contribution in [0.2, 0.25) is 0 Å². The molecule has 0 aliphatic carbocycles. The third kappa shape index (κ3) is 3.73. The molecule has 0 aromatic heterocycles. The van der Waals surface area contributed by atoms with Gasteiger partial charge in [-0.15, -0.1) is 0 Å². The van der Waals surface area contributed by atoms with E-state index in [9.17, 15) is 14.4 Å². The first kappa shape index (κ1) is 24.1. The fourth-order valence-electron chi connectivity index (χ4n) is 5.14. The van der Waals surface area contributed by atoms with Gasteiger partial charge in [0.05, 0.1) is 38.9 Å². The lowest BCUT2D eigenvalue weighted by Crippen LogP contribution is -2.56. The molecule has 2 saturated heterocycles. The molecule has 0 saturated carbocycles. The molecule has 2 aliphatic rings. The second-order valence-corrected chi connectivity index (χ2v) is 9.27.